The van der Waals surface area contributed by atoms with Crippen LogP contribution in [0.2, 0.25) is 0 Å². The molecule has 2 aromatic carbocycles. The number of carbonyl (C=O) groups excluding carboxylic acids is 1. The van der Waals surface area contributed by atoms with E-state index >= 15 is 0 Å². The van der Waals surface area contributed by atoms with Gasteiger partial charge in [-0.25, -0.2) is 4.68 Å². The van der Waals surface area contributed by atoms with Crippen molar-refractivity contribution in [3.8, 4) is 0 Å². The second-order valence-corrected chi connectivity index (χ2v) is 5.11. The van der Waals surface area contributed by atoms with Gasteiger partial charge in [-0.3, -0.25) is 19.5 Å². The highest BCUT2D eigenvalue weighted by atomic mass is 16.2. The van der Waals surface area contributed by atoms with E-state index in [-0.39, 0.29) is 30.0 Å². The highest BCUT2D eigenvalue weighted by Gasteiger charge is 2.08. The van der Waals surface area contributed by atoms with Gasteiger partial charge >= 0.3 is 0 Å². The van der Waals surface area contributed by atoms with E-state index in [1.165, 1.54) is 4.68 Å². The molecule has 1 aromatic heterocycles. The van der Waals surface area contributed by atoms with Gasteiger partial charge in [-0.15, -0.1) is 0 Å². The van der Waals surface area contributed by atoms with E-state index in [1.807, 2.05) is 18.2 Å². The van der Waals surface area contributed by atoms with Crippen molar-refractivity contribution in [1.29, 1.82) is 0 Å². The largest absolute Gasteiger partial charge is 0.326 e. The number of aromatic amines is 1. The van der Waals surface area contributed by atoms with E-state index in [0.29, 0.717) is 16.5 Å². The minimum atomic E-state index is -0.344. The molecule has 23 heavy (non-hydrogen) atoms. The molecule has 6 nitrogen and oxygen atoms in total. The van der Waals surface area contributed by atoms with E-state index in [0.717, 1.165) is 0 Å². The second-order valence-electron chi connectivity index (χ2n) is 5.11. The molecule has 0 aliphatic heterocycles. The van der Waals surface area contributed by atoms with Crippen molar-refractivity contribution in [2.24, 2.45) is 0 Å². The lowest BCUT2D eigenvalue weighted by Crippen LogP contribution is -2.31. The van der Waals surface area contributed by atoms with Crippen LogP contribution in [0.25, 0.3) is 10.8 Å². The number of benzene rings is 2. The molecule has 1 heterocycles. The van der Waals surface area contributed by atoms with E-state index in [9.17, 15) is 14.4 Å². The zero-order valence-corrected chi connectivity index (χ0v) is 12.3. The number of H-pyrrole nitrogens is 1. The first kappa shape index (κ1) is 14.8. The summed E-state index contributed by atoms with van der Waals surface area (Å²) >= 11 is 0. The maximum absolute atomic E-state index is 12.3. The quantitative estimate of drug-likeness (QED) is 0.769. The van der Waals surface area contributed by atoms with Crippen molar-refractivity contribution >= 4 is 22.4 Å². The lowest BCUT2D eigenvalue weighted by atomic mass is 10.2. The number of amides is 1. The molecule has 0 radical (unpaired) electrons. The fourth-order valence-electron chi connectivity index (χ4n) is 2.36. The molecule has 116 valence electrons. The molecule has 3 rings (SSSR count). The first-order valence-corrected chi connectivity index (χ1v) is 7.22. The van der Waals surface area contributed by atoms with Crippen LogP contribution < -0.4 is 16.4 Å². The second kappa shape index (κ2) is 6.31. The molecule has 0 atom stereocenters. The molecular formula is C17H15N3O3. The number of rotatable bonds is 4. The number of anilines is 1. The number of nitrogens with one attached hydrogen (secondary N) is 2. The summed E-state index contributed by atoms with van der Waals surface area (Å²) in [5, 5.41) is 5.94. The third-order valence-electron chi connectivity index (χ3n) is 3.50. The van der Waals surface area contributed by atoms with Crippen molar-refractivity contribution in [2.75, 3.05) is 5.32 Å². The molecule has 0 spiro atoms. The van der Waals surface area contributed by atoms with Gasteiger partial charge in [-0.2, -0.15) is 0 Å². The zero-order chi connectivity index (χ0) is 16.2. The van der Waals surface area contributed by atoms with Gasteiger partial charge in [0, 0.05) is 12.1 Å². The molecule has 6 heteroatoms. The van der Waals surface area contributed by atoms with E-state index < -0.39 is 0 Å². The molecule has 3 aromatic rings. The van der Waals surface area contributed by atoms with Gasteiger partial charge in [0.25, 0.3) is 11.1 Å². The molecule has 0 fully saturated rings. The summed E-state index contributed by atoms with van der Waals surface area (Å²) in [6, 6.07) is 15.7. The molecule has 1 amide bonds. The normalized spacial score (nSPS) is 10.6. The number of aryl methyl sites for hydroxylation is 1. The minimum Gasteiger partial charge on any atom is -0.326 e. The summed E-state index contributed by atoms with van der Waals surface area (Å²) in [5.74, 6) is -0.225. The summed E-state index contributed by atoms with van der Waals surface area (Å²) in [5.41, 5.74) is 0.0354. The number of hydrogen-bond donors (Lipinski definition) is 2. The van der Waals surface area contributed by atoms with Crippen LogP contribution in [-0.4, -0.2) is 15.7 Å². The summed E-state index contributed by atoms with van der Waals surface area (Å²) < 4.78 is 1.18. The molecule has 0 aliphatic rings. The van der Waals surface area contributed by atoms with E-state index in [2.05, 4.69) is 10.4 Å². The SMILES string of the molecule is O=C(CCn1[nH]c(=O)c2ccccc2c1=O)Nc1ccccc1. The Morgan fingerprint density at radius 1 is 0.957 bits per heavy atom. The highest BCUT2D eigenvalue weighted by molar-refractivity contribution is 5.90. The van der Waals surface area contributed by atoms with Crippen LogP contribution in [0, 0.1) is 0 Å². The number of aromatic nitrogens is 2. The predicted molar refractivity (Wildman–Crippen MR) is 88.5 cm³/mol. The maximum Gasteiger partial charge on any atom is 0.273 e. The summed E-state index contributed by atoms with van der Waals surface area (Å²) in [4.78, 5) is 36.2. The van der Waals surface area contributed by atoms with Gasteiger partial charge in [-0.05, 0) is 24.3 Å². The maximum atomic E-state index is 12.3. The van der Waals surface area contributed by atoms with Crippen LogP contribution in [0.4, 0.5) is 5.69 Å². The smallest absolute Gasteiger partial charge is 0.273 e. The van der Waals surface area contributed by atoms with Crippen molar-refractivity contribution < 1.29 is 4.79 Å². The lowest BCUT2D eigenvalue weighted by molar-refractivity contribution is -0.116. The van der Waals surface area contributed by atoms with E-state index in [4.69, 9.17) is 0 Å². The van der Waals surface area contributed by atoms with Crippen LogP contribution in [0.15, 0.2) is 64.2 Å². The molecule has 0 aliphatic carbocycles. The summed E-state index contributed by atoms with van der Waals surface area (Å²) in [6.07, 6.45) is 0.0864. The van der Waals surface area contributed by atoms with Crippen LogP contribution in [-0.2, 0) is 11.3 Å². The highest BCUT2D eigenvalue weighted by Crippen LogP contribution is 2.06. The van der Waals surface area contributed by atoms with Gasteiger partial charge in [-0.1, -0.05) is 30.3 Å². The summed E-state index contributed by atoms with van der Waals surface area (Å²) in [7, 11) is 0. The Balaban J connectivity index is 1.77. The Bertz CT molecular complexity index is 958. The molecule has 0 bridgehead atoms. The number of nitrogens with zero attached hydrogens (tertiary/aromatic N) is 1. The first-order chi connectivity index (χ1) is 11.1. The topological polar surface area (TPSA) is 84.0 Å². The van der Waals surface area contributed by atoms with Crippen molar-refractivity contribution in [2.45, 2.75) is 13.0 Å². The predicted octanol–water partition coefficient (Wildman–Crippen LogP) is 1.72. The molecule has 0 saturated carbocycles. The Labute approximate surface area is 131 Å². The Morgan fingerprint density at radius 2 is 1.61 bits per heavy atom. The summed E-state index contributed by atoms with van der Waals surface area (Å²) in [6.45, 7) is 0.109. The van der Waals surface area contributed by atoms with Crippen LogP contribution in [0.3, 0.4) is 0 Å². The van der Waals surface area contributed by atoms with Gasteiger partial charge < -0.3 is 5.32 Å². The lowest BCUT2D eigenvalue weighted by Gasteiger charge is -2.08. The Kier molecular flexibility index (Phi) is 4.05. The molecule has 0 unspecified atom stereocenters. The van der Waals surface area contributed by atoms with Crippen molar-refractivity contribution in [1.82, 2.24) is 9.78 Å². The molecule has 0 saturated heterocycles. The fraction of sp³-hybridized carbons (Fsp3) is 0.118. The number of hydrogen-bond acceptors (Lipinski definition) is 3. The number of para-hydroxylation sites is 1. The number of carbonyl (C=O) groups is 1. The molecular weight excluding hydrogens is 294 g/mol. The fourth-order valence-corrected chi connectivity index (χ4v) is 2.36. The minimum absolute atomic E-state index is 0.0864. The van der Waals surface area contributed by atoms with Crippen LogP contribution in [0.1, 0.15) is 6.42 Å². The third kappa shape index (κ3) is 3.21. The van der Waals surface area contributed by atoms with Crippen LogP contribution >= 0.6 is 0 Å². The van der Waals surface area contributed by atoms with Gasteiger partial charge in [0.05, 0.1) is 17.3 Å². The van der Waals surface area contributed by atoms with Crippen molar-refractivity contribution in [3.05, 3.63) is 75.3 Å². The monoisotopic (exact) mass is 309 g/mol. The zero-order valence-electron chi connectivity index (χ0n) is 12.3. The molecule has 2 N–H and O–H groups in total. The third-order valence-corrected chi connectivity index (χ3v) is 3.50. The Morgan fingerprint density at radius 3 is 2.35 bits per heavy atom. The average Bonchev–Trinajstić information content (AvgIpc) is 2.58. The average molecular weight is 309 g/mol. The Hall–Kier alpha value is -3.15. The van der Waals surface area contributed by atoms with E-state index in [1.54, 1.807) is 36.4 Å². The standard InChI is InChI=1S/C17H15N3O3/c21-15(18-12-6-2-1-3-7-12)10-11-20-17(23)14-9-5-4-8-13(14)16(22)19-20/h1-9H,10-11H2,(H,18,21)(H,19,22). The first-order valence-electron chi connectivity index (χ1n) is 7.22. The van der Waals surface area contributed by atoms with Crippen LogP contribution in [0.5, 0.6) is 0 Å². The van der Waals surface area contributed by atoms with Crippen molar-refractivity contribution in [3.63, 3.8) is 0 Å². The van der Waals surface area contributed by atoms with Gasteiger partial charge in [0.15, 0.2) is 0 Å². The van der Waals surface area contributed by atoms with Gasteiger partial charge in [0.2, 0.25) is 5.91 Å². The van der Waals surface area contributed by atoms with Gasteiger partial charge in [0.1, 0.15) is 0 Å². The number of fused-ring (bicyclic) bond motifs is 1.